The number of aliphatic imine (C=N–C) groups is 1. The van der Waals surface area contributed by atoms with Gasteiger partial charge in [0, 0.05) is 17.9 Å². The number of aromatic nitrogens is 2. The van der Waals surface area contributed by atoms with Crippen LogP contribution < -0.4 is 0 Å². The predicted molar refractivity (Wildman–Crippen MR) is 119 cm³/mol. The van der Waals surface area contributed by atoms with E-state index < -0.39 is 0 Å². The molecule has 0 aliphatic carbocycles. The second-order valence-electron chi connectivity index (χ2n) is 7.66. The molecule has 5 rings (SSSR count). The van der Waals surface area contributed by atoms with E-state index in [1.54, 1.807) is 0 Å². The van der Waals surface area contributed by atoms with Crippen molar-refractivity contribution in [3.63, 3.8) is 0 Å². The molecule has 2 heterocycles. The zero-order valence-corrected chi connectivity index (χ0v) is 16.7. The number of rotatable bonds is 3. The monoisotopic (exact) mass is 377 g/mol. The summed E-state index contributed by atoms with van der Waals surface area (Å²) >= 11 is 0. The lowest BCUT2D eigenvalue weighted by atomic mass is 9.83. The topological polar surface area (TPSA) is 30.2 Å². The molecule has 1 aromatic heterocycles. The normalized spacial score (nSPS) is 15.7. The third-order valence-corrected chi connectivity index (χ3v) is 5.66. The number of hydrogen-bond donors (Lipinski definition) is 0. The van der Waals surface area contributed by atoms with Crippen molar-refractivity contribution in [3.8, 4) is 5.69 Å². The Bertz CT molecular complexity index is 1170. The van der Waals surface area contributed by atoms with Crippen LogP contribution in [0.15, 0.2) is 89.9 Å². The minimum atomic E-state index is 0.248. The van der Waals surface area contributed by atoms with Crippen molar-refractivity contribution in [2.24, 2.45) is 4.99 Å². The molecule has 0 amide bonds. The number of aryl methyl sites for hydroxylation is 2. The lowest BCUT2D eigenvalue weighted by molar-refractivity contribution is 0.827. The Balaban J connectivity index is 1.72. The Hall–Kier alpha value is -3.46. The Kier molecular flexibility index (Phi) is 4.36. The van der Waals surface area contributed by atoms with Crippen molar-refractivity contribution in [2.75, 3.05) is 0 Å². The third-order valence-electron chi connectivity index (χ3n) is 5.66. The van der Waals surface area contributed by atoms with Gasteiger partial charge in [0.15, 0.2) is 5.82 Å². The molecule has 0 N–H and O–H groups in total. The first-order valence-corrected chi connectivity index (χ1v) is 10.0. The molecule has 142 valence electrons. The molecule has 4 aromatic rings. The van der Waals surface area contributed by atoms with Gasteiger partial charge in [0.25, 0.3) is 0 Å². The quantitative estimate of drug-likeness (QED) is 0.421. The van der Waals surface area contributed by atoms with Crippen LogP contribution in [0.5, 0.6) is 0 Å². The maximum absolute atomic E-state index is 5.14. The van der Waals surface area contributed by atoms with Gasteiger partial charge in [-0.25, -0.2) is 9.67 Å². The van der Waals surface area contributed by atoms with Crippen molar-refractivity contribution < 1.29 is 0 Å². The highest BCUT2D eigenvalue weighted by atomic mass is 15.3. The Morgan fingerprint density at radius 2 is 1.45 bits per heavy atom. The number of hydrogen-bond acceptors (Lipinski definition) is 2. The van der Waals surface area contributed by atoms with Crippen LogP contribution in [0.4, 0.5) is 5.82 Å². The molecule has 0 saturated heterocycles. The molecule has 0 spiro atoms. The minimum absolute atomic E-state index is 0.248. The van der Waals surface area contributed by atoms with E-state index in [1.807, 2.05) is 22.9 Å². The fraction of sp³-hybridized carbons (Fsp3) is 0.154. The molecule has 1 aliphatic rings. The van der Waals surface area contributed by atoms with Gasteiger partial charge in [0.1, 0.15) is 0 Å². The molecule has 1 aliphatic heterocycles. The average Bonchev–Trinajstić information content (AvgIpc) is 3.11. The fourth-order valence-electron chi connectivity index (χ4n) is 4.16. The van der Waals surface area contributed by atoms with Crippen molar-refractivity contribution in [2.45, 2.75) is 26.2 Å². The van der Waals surface area contributed by atoms with Gasteiger partial charge in [-0.05, 0) is 37.1 Å². The molecule has 29 heavy (non-hydrogen) atoms. The Morgan fingerprint density at radius 3 is 2.14 bits per heavy atom. The average molecular weight is 377 g/mol. The third kappa shape index (κ3) is 3.19. The predicted octanol–water partition coefficient (Wildman–Crippen LogP) is 6.15. The molecule has 0 unspecified atom stereocenters. The molecule has 0 fully saturated rings. The second kappa shape index (κ2) is 7.17. The van der Waals surface area contributed by atoms with E-state index in [2.05, 4.69) is 80.6 Å². The van der Waals surface area contributed by atoms with Crippen LogP contribution in [0.3, 0.4) is 0 Å². The van der Waals surface area contributed by atoms with Gasteiger partial charge in [-0.1, -0.05) is 78.4 Å². The molecule has 1 atom stereocenters. The summed E-state index contributed by atoms with van der Waals surface area (Å²) in [6, 6.07) is 29.7. The Labute approximate surface area is 171 Å². The second-order valence-corrected chi connectivity index (χ2v) is 7.66. The molecule has 3 heteroatoms. The summed E-state index contributed by atoms with van der Waals surface area (Å²) in [5, 5.41) is 4.89. The zero-order chi connectivity index (χ0) is 19.8. The van der Waals surface area contributed by atoms with Crippen LogP contribution >= 0.6 is 0 Å². The van der Waals surface area contributed by atoms with Crippen LogP contribution in [0.25, 0.3) is 5.69 Å². The van der Waals surface area contributed by atoms with Gasteiger partial charge in [-0.3, -0.25) is 0 Å². The first-order chi connectivity index (χ1) is 14.2. The van der Waals surface area contributed by atoms with Crippen LogP contribution in [0, 0.1) is 13.8 Å². The van der Waals surface area contributed by atoms with Crippen molar-refractivity contribution in [3.05, 3.63) is 113 Å². The largest absolute Gasteiger partial charge is 0.233 e. The highest BCUT2D eigenvalue weighted by Gasteiger charge is 2.31. The van der Waals surface area contributed by atoms with Crippen LogP contribution in [0.2, 0.25) is 0 Å². The van der Waals surface area contributed by atoms with E-state index in [1.165, 1.54) is 22.3 Å². The van der Waals surface area contributed by atoms with Crippen molar-refractivity contribution >= 4 is 11.5 Å². The molecule has 3 aromatic carbocycles. The molecule has 0 bridgehead atoms. The van der Waals surface area contributed by atoms with Crippen LogP contribution in [0.1, 0.15) is 40.3 Å². The summed E-state index contributed by atoms with van der Waals surface area (Å²) in [5.41, 5.74) is 8.18. The highest BCUT2D eigenvalue weighted by Crippen LogP contribution is 2.42. The SMILES string of the molecule is Cc1ccc(C2=Nc3c(c(C)nn3-c3ccccc3)[C@H](c3ccccc3)C2)cc1. The van der Waals surface area contributed by atoms with E-state index in [0.29, 0.717) is 0 Å². The lowest BCUT2D eigenvalue weighted by Gasteiger charge is -2.24. The van der Waals surface area contributed by atoms with Gasteiger partial charge in [0.2, 0.25) is 0 Å². The van der Waals surface area contributed by atoms with Gasteiger partial charge < -0.3 is 0 Å². The van der Waals surface area contributed by atoms with Gasteiger partial charge in [-0.2, -0.15) is 5.10 Å². The molecule has 0 saturated carbocycles. The summed E-state index contributed by atoms with van der Waals surface area (Å²) in [6.07, 6.45) is 0.876. The maximum atomic E-state index is 5.14. The molecular weight excluding hydrogens is 354 g/mol. The van der Waals surface area contributed by atoms with E-state index in [0.717, 1.165) is 29.3 Å². The maximum Gasteiger partial charge on any atom is 0.160 e. The lowest BCUT2D eigenvalue weighted by Crippen LogP contribution is -2.15. The molecule has 0 radical (unpaired) electrons. The number of benzene rings is 3. The summed E-state index contributed by atoms with van der Waals surface area (Å²) in [7, 11) is 0. The van der Waals surface area contributed by atoms with E-state index >= 15 is 0 Å². The number of nitrogens with zero attached hydrogens (tertiary/aromatic N) is 3. The summed E-state index contributed by atoms with van der Waals surface area (Å²) < 4.78 is 1.99. The standard InChI is InChI=1S/C26H23N3/c1-18-13-15-21(16-14-18)24-17-23(20-9-5-3-6-10-20)25-19(2)28-29(26(25)27-24)22-11-7-4-8-12-22/h3-16,23H,17H2,1-2H3/t23-/m0/s1. The summed E-state index contributed by atoms with van der Waals surface area (Å²) in [5.74, 6) is 1.20. The molecular formula is C26H23N3. The highest BCUT2D eigenvalue weighted by molar-refractivity contribution is 6.04. The van der Waals surface area contributed by atoms with Crippen molar-refractivity contribution in [1.82, 2.24) is 9.78 Å². The minimum Gasteiger partial charge on any atom is -0.233 e. The van der Waals surface area contributed by atoms with Crippen LogP contribution in [-0.2, 0) is 0 Å². The fourth-order valence-corrected chi connectivity index (χ4v) is 4.16. The zero-order valence-electron chi connectivity index (χ0n) is 16.7. The van der Waals surface area contributed by atoms with E-state index in [9.17, 15) is 0 Å². The molecule has 3 nitrogen and oxygen atoms in total. The first-order valence-electron chi connectivity index (χ1n) is 10.0. The van der Waals surface area contributed by atoms with Gasteiger partial charge >= 0.3 is 0 Å². The number of para-hydroxylation sites is 1. The van der Waals surface area contributed by atoms with E-state index in [4.69, 9.17) is 10.1 Å². The van der Waals surface area contributed by atoms with Crippen molar-refractivity contribution in [1.29, 1.82) is 0 Å². The number of fused-ring (bicyclic) bond motifs is 1. The smallest absolute Gasteiger partial charge is 0.160 e. The van der Waals surface area contributed by atoms with Gasteiger partial charge in [0.05, 0.1) is 17.1 Å². The van der Waals surface area contributed by atoms with Crippen LogP contribution in [-0.4, -0.2) is 15.5 Å². The van der Waals surface area contributed by atoms with E-state index in [-0.39, 0.29) is 5.92 Å². The van der Waals surface area contributed by atoms with Gasteiger partial charge in [-0.15, -0.1) is 0 Å². The summed E-state index contributed by atoms with van der Waals surface area (Å²) in [4.78, 5) is 5.14. The first kappa shape index (κ1) is 17.6. The Morgan fingerprint density at radius 1 is 0.793 bits per heavy atom. The summed E-state index contributed by atoms with van der Waals surface area (Å²) in [6.45, 7) is 4.21.